The van der Waals surface area contributed by atoms with Gasteiger partial charge in [0.2, 0.25) is 11.8 Å². The number of nitrogens with one attached hydrogen (secondary N) is 1. The van der Waals surface area contributed by atoms with Crippen molar-refractivity contribution in [2.75, 3.05) is 11.4 Å². The molecule has 0 aromatic carbocycles. The highest BCUT2D eigenvalue weighted by Gasteiger charge is 2.40. The molecule has 2 amide bonds. The Kier molecular flexibility index (Phi) is 3.34. The summed E-state index contributed by atoms with van der Waals surface area (Å²) >= 11 is 1.40. The van der Waals surface area contributed by atoms with E-state index in [4.69, 9.17) is 0 Å². The van der Waals surface area contributed by atoms with Crippen LogP contribution in [0.4, 0.5) is 5.00 Å². The molecule has 2 aliphatic rings. The fraction of sp³-hybridized carbons (Fsp3) is 0.533. The van der Waals surface area contributed by atoms with Crippen molar-refractivity contribution in [1.82, 2.24) is 5.32 Å². The van der Waals surface area contributed by atoms with Gasteiger partial charge in [-0.1, -0.05) is 13.8 Å². The van der Waals surface area contributed by atoms with Gasteiger partial charge in [0.25, 0.3) is 0 Å². The zero-order valence-electron chi connectivity index (χ0n) is 12.2. The Morgan fingerprint density at radius 3 is 2.57 bits per heavy atom. The average molecular weight is 303 g/mol. The number of hydrogen-bond donors (Lipinski definition) is 1. The maximum absolute atomic E-state index is 12.4. The second-order valence-electron chi connectivity index (χ2n) is 6.36. The predicted octanol–water partition coefficient (Wildman–Crippen LogP) is 1.95. The van der Waals surface area contributed by atoms with Gasteiger partial charge in [0.1, 0.15) is 11.1 Å². The normalized spacial score (nSPS) is 21.1. The van der Waals surface area contributed by atoms with Gasteiger partial charge < -0.3 is 5.32 Å². The third-order valence-electron chi connectivity index (χ3n) is 3.98. The Labute approximate surface area is 127 Å². The van der Waals surface area contributed by atoms with E-state index in [1.165, 1.54) is 16.2 Å². The molecule has 110 valence electrons. The number of carbonyl (C=O) groups excluding carboxylic acids is 2. The lowest BCUT2D eigenvalue weighted by molar-refractivity contribution is -0.132. The zero-order chi connectivity index (χ0) is 15.2. The van der Waals surface area contributed by atoms with E-state index in [2.05, 4.69) is 11.4 Å². The first-order chi connectivity index (χ1) is 9.93. The van der Waals surface area contributed by atoms with E-state index in [0.717, 1.165) is 23.4 Å². The lowest BCUT2D eigenvalue weighted by Crippen LogP contribution is -2.46. The number of carbonyl (C=O) groups is 2. The van der Waals surface area contributed by atoms with E-state index in [0.29, 0.717) is 30.0 Å². The van der Waals surface area contributed by atoms with Crippen molar-refractivity contribution < 1.29 is 9.59 Å². The predicted molar refractivity (Wildman–Crippen MR) is 80.0 cm³/mol. The summed E-state index contributed by atoms with van der Waals surface area (Å²) in [6.07, 6.45) is 1.45. The molecule has 0 atom stereocenters. The molecule has 1 saturated heterocycles. The summed E-state index contributed by atoms with van der Waals surface area (Å²) in [7, 11) is 0. The standard InChI is InChI=1S/C15H17N3O2S/c1-15(2)5-12(19)18(13(20)6-15)14-10(7-16)9-3-4-17-8-11(9)21-14/h17H,3-6,8H2,1-2H3. The van der Waals surface area contributed by atoms with E-state index in [9.17, 15) is 14.9 Å². The molecule has 1 fully saturated rings. The van der Waals surface area contributed by atoms with E-state index in [1.807, 2.05) is 13.8 Å². The smallest absolute Gasteiger partial charge is 0.235 e. The van der Waals surface area contributed by atoms with Gasteiger partial charge in [-0.2, -0.15) is 5.26 Å². The van der Waals surface area contributed by atoms with Crippen molar-refractivity contribution in [3.05, 3.63) is 16.0 Å². The van der Waals surface area contributed by atoms with Gasteiger partial charge >= 0.3 is 0 Å². The number of hydrogen-bond acceptors (Lipinski definition) is 5. The maximum Gasteiger partial charge on any atom is 0.235 e. The second kappa shape index (κ2) is 4.93. The fourth-order valence-electron chi connectivity index (χ4n) is 3.00. The number of nitrogens with zero attached hydrogens (tertiary/aromatic N) is 2. The first-order valence-electron chi connectivity index (χ1n) is 7.04. The number of nitriles is 1. The number of rotatable bonds is 1. The van der Waals surface area contributed by atoms with Crippen LogP contribution in [0.25, 0.3) is 0 Å². The van der Waals surface area contributed by atoms with Crippen molar-refractivity contribution >= 4 is 28.2 Å². The van der Waals surface area contributed by atoms with E-state index in [-0.39, 0.29) is 17.2 Å². The summed E-state index contributed by atoms with van der Waals surface area (Å²) in [4.78, 5) is 27.1. The van der Waals surface area contributed by atoms with Crippen LogP contribution < -0.4 is 10.2 Å². The number of amides is 2. The summed E-state index contributed by atoms with van der Waals surface area (Å²) in [6.45, 7) is 5.38. The Morgan fingerprint density at radius 1 is 1.29 bits per heavy atom. The Hall–Kier alpha value is -1.71. The summed E-state index contributed by atoms with van der Waals surface area (Å²) in [5, 5.41) is 13.2. The van der Waals surface area contributed by atoms with Crippen LogP contribution in [0.5, 0.6) is 0 Å². The first-order valence-corrected chi connectivity index (χ1v) is 7.86. The van der Waals surface area contributed by atoms with Crippen LogP contribution in [0, 0.1) is 16.7 Å². The van der Waals surface area contributed by atoms with Crippen LogP contribution in [0.3, 0.4) is 0 Å². The number of anilines is 1. The monoisotopic (exact) mass is 303 g/mol. The molecule has 0 bridgehead atoms. The largest absolute Gasteiger partial charge is 0.312 e. The average Bonchev–Trinajstić information content (AvgIpc) is 2.74. The summed E-state index contributed by atoms with van der Waals surface area (Å²) in [6, 6.07) is 2.20. The molecule has 6 heteroatoms. The maximum atomic E-state index is 12.4. The van der Waals surface area contributed by atoms with Crippen molar-refractivity contribution in [3.63, 3.8) is 0 Å². The van der Waals surface area contributed by atoms with Crippen molar-refractivity contribution in [1.29, 1.82) is 5.26 Å². The highest BCUT2D eigenvalue weighted by molar-refractivity contribution is 7.17. The van der Waals surface area contributed by atoms with Crippen molar-refractivity contribution in [2.45, 2.75) is 39.7 Å². The molecule has 5 nitrogen and oxygen atoms in total. The van der Waals surface area contributed by atoms with E-state index in [1.54, 1.807) is 0 Å². The minimum absolute atomic E-state index is 0.195. The Morgan fingerprint density at radius 2 is 1.95 bits per heavy atom. The first kappa shape index (κ1) is 14.2. The van der Waals surface area contributed by atoms with Gasteiger partial charge in [-0.3, -0.25) is 9.59 Å². The molecule has 2 aliphatic heterocycles. The third kappa shape index (κ3) is 2.37. The molecule has 21 heavy (non-hydrogen) atoms. The van der Waals surface area contributed by atoms with Gasteiger partial charge in [-0.25, -0.2) is 4.90 Å². The van der Waals surface area contributed by atoms with Crippen molar-refractivity contribution in [3.8, 4) is 6.07 Å². The Bertz CT molecular complexity index is 649. The molecule has 0 saturated carbocycles. The molecule has 1 aromatic heterocycles. The van der Waals surface area contributed by atoms with Crippen LogP contribution >= 0.6 is 11.3 Å². The topological polar surface area (TPSA) is 73.2 Å². The van der Waals surface area contributed by atoms with Crippen LogP contribution in [0.2, 0.25) is 0 Å². The fourth-order valence-corrected chi connectivity index (χ4v) is 4.30. The molecule has 1 aromatic rings. The van der Waals surface area contributed by atoms with E-state index < -0.39 is 0 Å². The molecular formula is C15H17N3O2S. The number of piperidine rings is 1. The molecule has 0 radical (unpaired) electrons. The highest BCUT2D eigenvalue weighted by atomic mass is 32.1. The molecular weight excluding hydrogens is 286 g/mol. The second-order valence-corrected chi connectivity index (χ2v) is 7.45. The summed E-state index contributed by atoms with van der Waals surface area (Å²) < 4.78 is 0. The lowest BCUT2D eigenvalue weighted by Gasteiger charge is -2.34. The molecule has 3 rings (SSSR count). The van der Waals surface area contributed by atoms with Crippen molar-refractivity contribution in [2.24, 2.45) is 5.41 Å². The number of thiophene rings is 1. The SMILES string of the molecule is CC1(C)CC(=O)N(c2sc3c(c2C#N)CCNC3)C(=O)C1. The summed E-state index contributed by atoms with van der Waals surface area (Å²) in [5.74, 6) is -0.390. The van der Waals surface area contributed by atoms with Crippen LogP contribution in [0.15, 0.2) is 0 Å². The highest BCUT2D eigenvalue weighted by Crippen LogP contribution is 2.41. The number of imide groups is 1. The van der Waals surface area contributed by atoms with Crippen LogP contribution in [-0.4, -0.2) is 18.4 Å². The third-order valence-corrected chi connectivity index (χ3v) is 5.20. The van der Waals surface area contributed by atoms with Gasteiger partial charge in [-0.15, -0.1) is 11.3 Å². The molecule has 1 N–H and O–H groups in total. The van der Waals surface area contributed by atoms with Crippen LogP contribution in [0.1, 0.15) is 42.7 Å². The Balaban J connectivity index is 2.05. The lowest BCUT2D eigenvalue weighted by atomic mass is 9.82. The molecule has 0 unspecified atom stereocenters. The van der Waals surface area contributed by atoms with E-state index >= 15 is 0 Å². The van der Waals surface area contributed by atoms with Crippen LogP contribution in [-0.2, 0) is 22.6 Å². The van der Waals surface area contributed by atoms with Gasteiger partial charge in [0.05, 0.1) is 5.56 Å². The molecule has 0 spiro atoms. The molecule has 3 heterocycles. The molecule has 0 aliphatic carbocycles. The number of fused-ring (bicyclic) bond motifs is 1. The zero-order valence-corrected chi connectivity index (χ0v) is 13.0. The van der Waals surface area contributed by atoms with Gasteiger partial charge in [0, 0.05) is 24.3 Å². The minimum atomic E-state index is -0.296. The minimum Gasteiger partial charge on any atom is -0.312 e. The summed E-state index contributed by atoms with van der Waals surface area (Å²) in [5.41, 5.74) is 1.22. The quantitative estimate of drug-likeness (QED) is 0.805. The van der Waals surface area contributed by atoms with Gasteiger partial charge in [-0.05, 0) is 23.9 Å². The van der Waals surface area contributed by atoms with Gasteiger partial charge in [0.15, 0.2) is 0 Å².